The van der Waals surface area contributed by atoms with Gasteiger partial charge in [0.1, 0.15) is 0 Å². The Hall–Kier alpha value is -1.88. The standard InChI is InChI=1S/C19H25NO4/c1-24-11-10-19(8-4-5-9-19)18(23)20-12-14-6-2-3-7-15(14)16(13-20)17(21)22/h2-3,6-7,16H,4-5,8-13H2,1H3,(H,21,22). The highest BCUT2D eigenvalue weighted by molar-refractivity contribution is 5.85. The Labute approximate surface area is 142 Å². The van der Waals surface area contributed by atoms with E-state index < -0.39 is 11.9 Å². The maximum atomic E-state index is 13.3. The predicted octanol–water partition coefficient (Wildman–Crippen LogP) is 2.79. The second-order valence-corrected chi connectivity index (χ2v) is 7.01. The Morgan fingerprint density at radius 2 is 2.00 bits per heavy atom. The van der Waals surface area contributed by atoms with Gasteiger partial charge in [-0.15, -0.1) is 0 Å². The maximum absolute atomic E-state index is 13.3. The first-order valence-corrected chi connectivity index (χ1v) is 8.66. The fourth-order valence-corrected chi connectivity index (χ4v) is 4.23. The molecule has 24 heavy (non-hydrogen) atoms. The lowest BCUT2D eigenvalue weighted by atomic mass is 9.80. The first-order valence-electron chi connectivity index (χ1n) is 8.66. The Morgan fingerprint density at radius 1 is 1.29 bits per heavy atom. The van der Waals surface area contributed by atoms with Crippen molar-refractivity contribution in [2.24, 2.45) is 5.41 Å². The van der Waals surface area contributed by atoms with Gasteiger partial charge in [0.2, 0.25) is 5.91 Å². The van der Waals surface area contributed by atoms with Gasteiger partial charge in [0, 0.05) is 26.8 Å². The van der Waals surface area contributed by atoms with E-state index in [-0.39, 0.29) is 17.9 Å². The SMILES string of the molecule is COCCC1(C(=O)N2Cc3ccccc3C(C(=O)O)C2)CCCC1. The topological polar surface area (TPSA) is 66.8 Å². The fourth-order valence-electron chi connectivity index (χ4n) is 4.23. The number of fused-ring (bicyclic) bond motifs is 1. The molecule has 1 aromatic rings. The summed E-state index contributed by atoms with van der Waals surface area (Å²) in [5.41, 5.74) is 1.42. The summed E-state index contributed by atoms with van der Waals surface area (Å²) in [6.45, 7) is 1.34. The highest BCUT2D eigenvalue weighted by Crippen LogP contribution is 2.44. The molecule has 0 aromatic heterocycles. The molecule has 2 aliphatic rings. The molecular weight excluding hydrogens is 306 g/mol. The van der Waals surface area contributed by atoms with Crippen molar-refractivity contribution < 1.29 is 19.4 Å². The molecule has 1 amide bonds. The summed E-state index contributed by atoms with van der Waals surface area (Å²) >= 11 is 0. The van der Waals surface area contributed by atoms with Crippen LogP contribution in [0.5, 0.6) is 0 Å². The van der Waals surface area contributed by atoms with Crippen molar-refractivity contribution in [3.8, 4) is 0 Å². The van der Waals surface area contributed by atoms with Crippen LogP contribution in [-0.2, 0) is 20.9 Å². The van der Waals surface area contributed by atoms with Crippen molar-refractivity contribution in [2.45, 2.75) is 44.6 Å². The number of ether oxygens (including phenoxy) is 1. The Bertz CT molecular complexity index is 622. The number of aliphatic carboxylic acids is 1. The van der Waals surface area contributed by atoms with Crippen LogP contribution in [0, 0.1) is 5.41 Å². The summed E-state index contributed by atoms with van der Waals surface area (Å²) in [5, 5.41) is 9.60. The molecular formula is C19H25NO4. The fraction of sp³-hybridized carbons (Fsp3) is 0.579. The quantitative estimate of drug-likeness (QED) is 0.901. The van der Waals surface area contributed by atoms with Crippen LogP contribution in [0.2, 0.25) is 0 Å². The lowest BCUT2D eigenvalue weighted by molar-refractivity contribution is -0.147. The lowest BCUT2D eigenvalue weighted by Gasteiger charge is -2.39. The van der Waals surface area contributed by atoms with Crippen LogP contribution in [0.4, 0.5) is 0 Å². The summed E-state index contributed by atoms with van der Waals surface area (Å²) in [7, 11) is 1.66. The van der Waals surface area contributed by atoms with Crippen LogP contribution in [0.25, 0.3) is 0 Å². The van der Waals surface area contributed by atoms with E-state index in [4.69, 9.17) is 4.74 Å². The smallest absolute Gasteiger partial charge is 0.312 e. The van der Waals surface area contributed by atoms with Crippen molar-refractivity contribution in [3.63, 3.8) is 0 Å². The molecule has 1 saturated carbocycles. The number of carboxylic acid groups (broad SMARTS) is 1. The van der Waals surface area contributed by atoms with Gasteiger partial charge in [-0.3, -0.25) is 9.59 Å². The molecule has 1 unspecified atom stereocenters. The molecule has 1 fully saturated rings. The van der Waals surface area contributed by atoms with Gasteiger partial charge in [0.25, 0.3) is 0 Å². The monoisotopic (exact) mass is 331 g/mol. The molecule has 3 rings (SSSR count). The first kappa shape index (κ1) is 17.0. The van der Waals surface area contributed by atoms with Crippen LogP contribution < -0.4 is 0 Å². The minimum atomic E-state index is -0.864. The third kappa shape index (κ3) is 3.05. The summed E-state index contributed by atoms with van der Waals surface area (Å²) in [6.07, 6.45) is 4.60. The average Bonchev–Trinajstić information content (AvgIpc) is 3.08. The van der Waals surface area contributed by atoms with Gasteiger partial charge < -0.3 is 14.7 Å². The van der Waals surface area contributed by atoms with Crippen LogP contribution in [0.1, 0.15) is 49.1 Å². The molecule has 1 aliphatic heterocycles. The van der Waals surface area contributed by atoms with E-state index in [0.717, 1.165) is 43.2 Å². The van der Waals surface area contributed by atoms with E-state index in [1.165, 1.54) is 0 Å². The molecule has 1 aromatic carbocycles. The van der Waals surface area contributed by atoms with Crippen LogP contribution in [0.15, 0.2) is 24.3 Å². The Kier molecular flexibility index (Phi) is 4.90. The molecule has 1 aliphatic carbocycles. The Balaban J connectivity index is 1.86. The highest BCUT2D eigenvalue weighted by atomic mass is 16.5. The van der Waals surface area contributed by atoms with E-state index in [9.17, 15) is 14.7 Å². The van der Waals surface area contributed by atoms with Crippen LogP contribution >= 0.6 is 0 Å². The van der Waals surface area contributed by atoms with Crippen LogP contribution in [0.3, 0.4) is 0 Å². The minimum absolute atomic E-state index is 0.109. The molecule has 0 saturated heterocycles. The third-order valence-corrected chi connectivity index (χ3v) is 5.58. The number of hydrogen-bond acceptors (Lipinski definition) is 3. The predicted molar refractivity (Wildman–Crippen MR) is 89.6 cm³/mol. The molecule has 0 bridgehead atoms. The minimum Gasteiger partial charge on any atom is -0.481 e. The molecule has 0 spiro atoms. The van der Waals surface area contributed by atoms with Crippen molar-refractivity contribution in [1.29, 1.82) is 0 Å². The van der Waals surface area contributed by atoms with E-state index in [0.29, 0.717) is 13.2 Å². The second kappa shape index (κ2) is 6.93. The van der Waals surface area contributed by atoms with Crippen molar-refractivity contribution in [2.75, 3.05) is 20.3 Å². The van der Waals surface area contributed by atoms with Crippen molar-refractivity contribution >= 4 is 11.9 Å². The summed E-state index contributed by atoms with van der Waals surface area (Å²) in [6, 6.07) is 7.57. The summed E-state index contributed by atoms with van der Waals surface area (Å²) in [4.78, 5) is 26.7. The van der Waals surface area contributed by atoms with Crippen LogP contribution in [-0.4, -0.2) is 42.1 Å². The lowest BCUT2D eigenvalue weighted by Crippen LogP contribution is -2.47. The number of rotatable bonds is 5. The first-order chi connectivity index (χ1) is 11.6. The molecule has 5 heteroatoms. The second-order valence-electron chi connectivity index (χ2n) is 7.01. The number of benzene rings is 1. The highest BCUT2D eigenvalue weighted by Gasteiger charge is 2.45. The molecule has 1 N–H and O–H groups in total. The molecule has 5 nitrogen and oxygen atoms in total. The maximum Gasteiger partial charge on any atom is 0.312 e. The third-order valence-electron chi connectivity index (χ3n) is 5.58. The zero-order valence-electron chi connectivity index (χ0n) is 14.2. The van der Waals surface area contributed by atoms with Crippen molar-refractivity contribution in [1.82, 2.24) is 4.90 Å². The molecule has 0 radical (unpaired) electrons. The average molecular weight is 331 g/mol. The van der Waals surface area contributed by atoms with Gasteiger partial charge >= 0.3 is 5.97 Å². The van der Waals surface area contributed by atoms with Gasteiger partial charge in [-0.1, -0.05) is 37.1 Å². The number of amides is 1. The Morgan fingerprint density at radius 3 is 2.67 bits per heavy atom. The van der Waals surface area contributed by atoms with Gasteiger partial charge in [-0.05, 0) is 30.4 Å². The summed E-state index contributed by atoms with van der Waals surface area (Å²) in [5.74, 6) is -1.39. The molecule has 130 valence electrons. The van der Waals surface area contributed by atoms with Crippen molar-refractivity contribution in [3.05, 3.63) is 35.4 Å². The number of nitrogens with zero attached hydrogens (tertiary/aromatic N) is 1. The van der Waals surface area contributed by atoms with Gasteiger partial charge in [-0.2, -0.15) is 0 Å². The van der Waals surface area contributed by atoms with Gasteiger partial charge in [0.05, 0.1) is 11.3 Å². The molecule has 1 heterocycles. The number of carboxylic acids is 1. The van der Waals surface area contributed by atoms with E-state index >= 15 is 0 Å². The van der Waals surface area contributed by atoms with Gasteiger partial charge in [0.15, 0.2) is 0 Å². The largest absolute Gasteiger partial charge is 0.481 e. The zero-order chi connectivity index (χ0) is 17.2. The molecule has 1 atom stereocenters. The van der Waals surface area contributed by atoms with Gasteiger partial charge in [-0.25, -0.2) is 0 Å². The zero-order valence-corrected chi connectivity index (χ0v) is 14.2. The number of methoxy groups -OCH3 is 1. The normalized spacial score (nSPS) is 22.2. The van der Waals surface area contributed by atoms with E-state index in [1.807, 2.05) is 24.3 Å². The number of carbonyl (C=O) groups is 2. The summed E-state index contributed by atoms with van der Waals surface area (Å²) < 4.78 is 5.22. The number of carbonyl (C=O) groups excluding carboxylic acids is 1. The van der Waals surface area contributed by atoms with E-state index in [2.05, 4.69) is 0 Å². The van der Waals surface area contributed by atoms with E-state index in [1.54, 1.807) is 12.0 Å². The number of hydrogen-bond donors (Lipinski definition) is 1.